The largest absolute Gasteiger partial charge is 0.456 e. The Balaban J connectivity index is 1.38. The van der Waals surface area contributed by atoms with Gasteiger partial charge in [-0.2, -0.15) is 0 Å². The lowest BCUT2D eigenvalue weighted by Crippen LogP contribution is -2.35. The van der Waals surface area contributed by atoms with Crippen LogP contribution in [0.3, 0.4) is 0 Å². The van der Waals surface area contributed by atoms with E-state index in [2.05, 4.69) is 10.6 Å². The second-order valence-electron chi connectivity index (χ2n) is 6.76. The number of esters is 1. The highest BCUT2D eigenvalue weighted by Crippen LogP contribution is 2.36. The van der Waals surface area contributed by atoms with E-state index in [4.69, 9.17) is 4.74 Å². The van der Waals surface area contributed by atoms with Gasteiger partial charge in [-0.3, -0.25) is 14.4 Å². The Bertz CT molecular complexity index is 673. The van der Waals surface area contributed by atoms with Crippen LogP contribution in [0.25, 0.3) is 0 Å². The monoisotopic (exact) mass is 376 g/mol. The zero-order valence-electron chi connectivity index (χ0n) is 14.7. The number of hydrogen-bond acceptors (Lipinski definition) is 5. The van der Waals surface area contributed by atoms with Gasteiger partial charge in [-0.05, 0) is 30.9 Å². The Morgan fingerprint density at radius 3 is 2.77 bits per heavy atom. The van der Waals surface area contributed by atoms with Gasteiger partial charge in [0.25, 0.3) is 5.91 Å². The maximum atomic E-state index is 12.1. The molecule has 1 fully saturated rings. The summed E-state index contributed by atoms with van der Waals surface area (Å²) >= 11 is 1.34. The first-order chi connectivity index (χ1) is 12.6. The quantitative estimate of drug-likeness (QED) is 0.746. The van der Waals surface area contributed by atoms with Crippen LogP contribution in [0.15, 0.2) is 29.2 Å². The molecule has 2 amide bonds. The van der Waals surface area contributed by atoms with Crippen molar-refractivity contribution in [1.29, 1.82) is 0 Å². The molecule has 1 aromatic rings. The third-order valence-electron chi connectivity index (χ3n) is 4.74. The first-order valence-corrected chi connectivity index (χ1v) is 9.98. The molecule has 1 aliphatic carbocycles. The highest BCUT2D eigenvalue weighted by molar-refractivity contribution is 8.01. The van der Waals surface area contributed by atoms with Gasteiger partial charge in [-0.15, -0.1) is 11.8 Å². The molecule has 1 atom stereocenters. The Hall–Kier alpha value is -2.02. The Labute approximate surface area is 157 Å². The molecular formula is C19H24N2O4S. The van der Waals surface area contributed by atoms with Crippen molar-refractivity contribution < 1.29 is 19.1 Å². The number of benzene rings is 1. The molecule has 0 radical (unpaired) electrons. The maximum absolute atomic E-state index is 12.1. The number of para-hydroxylation sites is 1. The van der Waals surface area contributed by atoms with Crippen molar-refractivity contribution in [1.82, 2.24) is 5.32 Å². The molecule has 0 saturated heterocycles. The molecule has 2 aliphatic rings. The highest BCUT2D eigenvalue weighted by atomic mass is 32.2. The van der Waals surface area contributed by atoms with E-state index in [0.29, 0.717) is 12.5 Å². The molecule has 0 bridgehead atoms. The van der Waals surface area contributed by atoms with Crippen molar-refractivity contribution >= 4 is 35.2 Å². The van der Waals surface area contributed by atoms with Gasteiger partial charge in [-0.1, -0.05) is 31.4 Å². The first kappa shape index (κ1) is 18.8. The minimum Gasteiger partial charge on any atom is -0.456 e. The lowest BCUT2D eigenvalue weighted by Gasteiger charge is -2.23. The van der Waals surface area contributed by atoms with Gasteiger partial charge >= 0.3 is 5.97 Å². The van der Waals surface area contributed by atoms with Crippen LogP contribution < -0.4 is 10.6 Å². The second kappa shape index (κ2) is 9.07. The number of fused-ring (bicyclic) bond motifs is 1. The Kier molecular flexibility index (Phi) is 6.55. The van der Waals surface area contributed by atoms with Crippen LogP contribution in [0.5, 0.6) is 0 Å². The minimum absolute atomic E-state index is 0.0548. The van der Waals surface area contributed by atoms with Gasteiger partial charge in [0.05, 0.1) is 17.4 Å². The zero-order chi connectivity index (χ0) is 18.4. The predicted octanol–water partition coefficient (Wildman–Crippen LogP) is 2.73. The molecule has 26 heavy (non-hydrogen) atoms. The van der Waals surface area contributed by atoms with Crippen LogP contribution in [0.2, 0.25) is 0 Å². The standard InChI is InChI=1S/C19H24N2O4S/c22-17(20-11-13-6-2-1-3-7-13)12-25-18(23)10-16-19(24)21-14-8-4-5-9-15(14)26-16/h4-5,8-9,13,16H,1-3,6-7,10-12H2,(H,20,22)(H,21,24)/t16-/m1/s1. The van der Waals surface area contributed by atoms with Crippen LogP contribution in [0.4, 0.5) is 5.69 Å². The molecule has 2 N–H and O–H groups in total. The highest BCUT2D eigenvalue weighted by Gasteiger charge is 2.29. The molecule has 0 unspecified atom stereocenters. The number of rotatable bonds is 6. The van der Waals surface area contributed by atoms with E-state index < -0.39 is 11.2 Å². The number of anilines is 1. The van der Waals surface area contributed by atoms with Crippen molar-refractivity contribution in [3.05, 3.63) is 24.3 Å². The Morgan fingerprint density at radius 1 is 1.19 bits per heavy atom. The molecule has 0 aromatic heterocycles. The number of thioether (sulfide) groups is 1. The summed E-state index contributed by atoms with van der Waals surface area (Å²) in [5.41, 5.74) is 0.759. The van der Waals surface area contributed by atoms with Gasteiger partial charge in [0.2, 0.25) is 5.91 Å². The van der Waals surface area contributed by atoms with Crippen LogP contribution >= 0.6 is 11.8 Å². The average Bonchev–Trinajstić information content (AvgIpc) is 2.66. The number of carbonyl (C=O) groups is 3. The predicted molar refractivity (Wildman–Crippen MR) is 99.9 cm³/mol. The number of ether oxygens (including phenoxy) is 1. The summed E-state index contributed by atoms with van der Waals surface area (Å²) < 4.78 is 5.04. The third kappa shape index (κ3) is 5.24. The van der Waals surface area contributed by atoms with E-state index in [1.165, 1.54) is 31.0 Å². The number of carbonyl (C=O) groups excluding carboxylic acids is 3. The summed E-state index contributed by atoms with van der Waals surface area (Å²) in [6.07, 6.45) is 5.96. The SMILES string of the molecule is O=C(COC(=O)C[C@H]1Sc2ccccc2NC1=O)NCC1CCCCC1. The topological polar surface area (TPSA) is 84.5 Å². The van der Waals surface area contributed by atoms with E-state index in [0.717, 1.165) is 23.4 Å². The van der Waals surface area contributed by atoms with Gasteiger partial charge in [0.1, 0.15) is 0 Å². The fourth-order valence-corrected chi connectivity index (χ4v) is 4.38. The summed E-state index contributed by atoms with van der Waals surface area (Å²) in [6.45, 7) is 0.356. The van der Waals surface area contributed by atoms with E-state index in [1.54, 1.807) is 0 Å². The van der Waals surface area contributed by atoms with E-state index >= 15 is 0 Å². The number of amides is 2. The van der Waals surface area contributed by atoms with Gasteiger partial charge in [-0.25, -0.2) is 0 Å². The normalized spacial score (nSPS) is 20.0. The minimum atomic E-state index is -0.539. The van der Waals surface area contributed by atoms with Crippen LogP contribution in [-0.4, -0.2) is 36.2 Å². The fourth-order valence-electron chi connectivity index (χ4n) is 3.28. The summed E-state index contributed by atoms with van der Waals surface area (Å²) in [5, 5.41) is 5.08. The van der Waals surface area contributed by atoms with E-state index in [1.807, 2.05) is 24.3 Å². The molecule has 1 heterocycles. The summed E-state index contributed by atoms with van der Waals surface area (Å²) in [7, 11) is 0. The van der Waals surface area contributed by atoms with Crippen molar-refractivity contribution in [2.24, 2.45) is 5.92 Å². The van der Waals surface area contributed by atoms with Crippen LogP contribution in [0, 0.1) is 5.92 Å². The fraction of sp³-hybridized carbons (Fsp3) is 0.526. The third-order valence-corrected chi connectivity index (χ3v) is 6.01. The molecule has 3 rings (SSSR count). The molecule has 6 nitrogen and oxygen atoms in total. The molecule has 1 aliphatic heterocycles. The zero-order valence-corrected chi connectivity index (χ0v) is 15.5. The average molecular weight is 376 g/mol. The molecule has 7 heteroatoms. The van der Waals surface area contributed by atoms with E-state index in [9.17, 15) is 14.4 Å². The Morgan fingerprint density at radius 2 is 1.96 bits per heavy atom. The number of hydrogen-bond donors (Lipinski definition) is 2. The lowest BCUT2D eigenvalue weighted by atomic mass is 9.89. The van der Waals surface area contributed by atoms with Crippen molar-refractivity contribution in [3.8, 4) is 0 Å². The molecule has 1 aromatic carbocycles. The molecular weight excluding hydrogens is 352 g/mol. The van der Waals surface area contributed by atoms with E-state index in [-0.39, 0.29) is 24.8 Å². The maximum Gasteiger partial charge on any atom is 0.307 e. The molecule has 0 spiro atoms. The van der Waals surface area contributed by atoms with Crippen molar-refractivity contribution in [3.63, 3.8) is 0 Å². The van der Waals surface area contributed by atoms with Gasteiger partial charge in [0, 0.05) is 11.4 Å². The summed E-state index contributed by atoms with van der Waals surface area (Å²) in [5.74, 6) is -0.502. The van der Waals surface area contributed by atoms with Gasteiger partial charge < -0.3 is 15.4 Å². The van der Waals surface area contributed by atoms with Gasteiger partial charge in [0.15, 0.2) is 6.61 Å². The van der Waals surface area contributed by atoms with Crippen LogP contribution in [-0.2, 0) is 19.1 Å². The molecule has 140 valence electrons. The first-order valence-electron chi connectivity index (χ1n) is 9.10. The smallest absolute Gasteiger partial charge is 0.307 e. The number of nitrogens with one attached hydrogen (secondary N) is 2. The van der Waals surface area contributed by atoms with Crippen LogP contribution in [0.1, 0.15) is 38.5 Å². The second-order valence-corrected chi connectivity index (χ2v) is 8.01. The van der Waals surface area contributed by atoms with Crippen molar-refractivity contribution in [2.75, 3.05) is 18.5 Å². The summed E-state index contributed by atoms with van der Waals surface area (Å²) in [6, 6.07) is 7.46. The molecule has 1 saturated carbocycles. The lowest BCUT2D eigenvalue weighted by molar-refractivity contribution is -0.149. The van der Waals surface area contributed by atoms with Crippen molar-refractivity contribution in [2.45, 2.75) is 48.7 Å². The summed E-state index contributed by atoms with van der Waals surface area (Å²) in [4.78, 5) is 36.8.